The molecule has 9 nitrogen and oxygen atoms in total. The molecule has 1 aliphatic heterocycles. The number of anilines is 3. The van der Waals surface area contributed by atoms with Gasteiger partial charge in [0.05, 0.1) is 7.11 Å². The fourth-order valence-corrected chi connectivity index (χ4v) is 3.21. The highest BCUT2D eigenvalue weighted by Gasteiger charge is 2.27. The standard InChI is InChI=1S/C16H18N6O3/c1-25-11-5-9-10(6-17)15(21-14(19)12(9)13(18)20-11)22-4-2-3-8(7-22)16(23)24/h5,8H,2-4,7H2,1H3,(H2,18,20)(H2,19,21)(H,23,24)/t8-/m1/s1. The predicted octanol–water partition coefficient (Wildman–Crippen LogP) is -0.940. The first-order chi connectivity index (χ1) is 12.0. The Morgan fingerprint density at radius 2 is 2.32 bits per heavy atom. The number of aliphatic carboxylic acids is 1. The van der Waals surface area contributed by atoms with Crippen LogP contribution < -0.4 is 31.2 Å². The molecular formula is C16H18N6O3. The number of rotatable bonds is 3. The molecular weight excluding hydrogens is 324 g/mol. The summed E-state index contributed by atoms with van der Waals surface area (Å²) in [7, 11) is 1.48. The number of carbonyl (C=O) groups excluding carboxylic acids is 1. The number of nitriles is 1. The summed E-state index contributed by atoms with van der Waals surface area (Å²) in [6, 6.07) is 3.77. The van der Waals surface area contributed by atoms with Gasteiger partial charge in [-0.05, 0) is 12.8 Å². The number of methoxy groups -OCH3 is 1. The van der Waals surface area contributed by atoms with Crippen LogP contribution in [0.3, 0.4) is 0 Å². The molecule has 25 heavy (non-hydrogen) atoms. The fourth-order valence-electron chi connectivity index (χ4n) is 3.21. The normalized spacial score (nSPS) is 17.3. The number of piperidine rings is 1. The summed E-state index contributed by atoms with van der Waals surface area (Å²) in [5.74, 6) is -0.569. The minimum Gasteiger partial charge on any atom is -0.550 e. The lowest BCUT2D eigenvalue weighted by molar-refractivity contribution is -0.374. The zero-order chi connectivity index (χ0) is 18.1. The van der Waals surface area contributed by atoms with Crippen molar-refractivity contribution in [1.29, 1.82) is 5.26 Å². The second kappa shape index (κ2) is 6.32. The number of nitrogens with two attached hydrogens (primary N) is 2. The van der Waals surface area contributed by atoms with Crippen molar-refractivity contribution < 1.29 is 19.6 Å². The van der Waals surface area contributed by atoms with Crippen LogP contribution >= 0.6 is 0 Å². The van der Waals surface area contributed by atoms with Crippen LogP contribution in [0, 0.1) is 17.2 Å². The van der Waals surface area contributed by atoms with E-state index in [4.69, 9.17) is 16.2 Å². The highest BCUT2D eigenvalue weighted by atomic mass is 16.5. The Balaban J connectivity index is 2.19. The highest BCUT2D eigenvalue weighted by molar-refractivity contribution is 6.03. The number of hydrogen-bond acceptors (Lipinski definition) is 8. The molecule has 0 aliphatic carbocycles. The number of hydrogen-bond donors (Lipinski definition) is 2. The van der Waals surface area contributed by atoms with Crippen LogP contribution in [-0.2, 0) is 4.79 Å². The molecule has 0 radical (unpaired) electrons. The number of aromatic amines is 1. The van der Waals surface area contributed by atoms with Crippen molar-refractivity contribution in [3.05, 3.63) is 11.6 Å². The topological polar surface area (TPSA) is 155 Å². The van der Waals surface area contributed by atoms with Crippen LogP contribution in [0.1, 0.15) is 18.4 Å². The summed E-state index contributed by atoms with van der Waals surface area (Å²) in [5, 5.41) is 21.8. The number of pyridine rings is 2. The van der Waals surface area contributed by atoms with Gasteiger partial charge in [0, 0.05) is 36.4 Å². The van der Waals surface area contributed by atoms with Crippen LogP contribution in [-0.4, -0.2) is 31.2 Å². The van der Waals surface area contributed by atoms with Gasteiger partial charge < -0.3 is 25.3 Å². The van der Waals surface area contributed by atoms with Crippen molar-refractivity contribution in [2.45, 2.75) is 12.8 Å². The van der Waals surface area contributed by atoms with E-state index in [9.17, 15) is 15.2 Å². The van der Waals surface area contributed by atoms with E-state index in [1.165, 1.54) is 7.11 Å². The summed E-state index contributed by atoms with van der Waals surface area (Å²) in [4.78, 5) is 20.1. The molecule has 0 amide bonds. The number of nitrogens with one attached hydrogen (secondary N) is 1. The Hall–Kier alpha value is -3.28. The third-order valence-corrected chi connectivity index (χ3v) is 4.43. The predicted molar refractivity (Wildman–Crippen MR) is 88.3 cm³/mol. The van der Waals surface area contributed by atoms with Gasteiger partial charge in [0.15, 0.2) is 0 Å². The molecule has 0 bridgehead atoms. The van der Waals surface area contributed by atoms with E-state index in [1.807, 2.05) is 0 Å². The number of ether oxygens (including phenoxy) is 1. The first-order valence-corrected chi connectivity index (χ1v) is 7.81. The maximum absolute atomic E-state index is 11.2. The van der Waals surface area contributed by atoms with Gasteiger partial charge in [0.2, 0.25) is 0 Å². The molecule has 2 aromatic rings. The van der Waals surface area contributed by atoms with E-state index in [0.717, 1.165) is 0 Å². The molecule has 2 aromatic heterocycles. The largest absolute Gasteiger partial charge is 0.550 e. The lowest BCUT2D eigenvalue weighted by Gasteiger charge is -2.34. The lowest BCUT2D eigenvalue weighted by atomic mass is 9.97. The quantitative estimate of drug-likeness (QED) is 0.724. The Morgan fingerprint density at radius 1 is 1.56 bits per heavy atom. The number of nitrogens with zero attached hydrogens (tertiary/aromatic N) is 3. The van der Waals surface area contributed by atoms with E-state index in [1.54, 1.807) is 11.0 Å². The average Bonchev–Trinajstić information content (AvgIpc) is 2.60. The van der Waals surface area contributed by atoms with Crippen LogP contribution in [0.25, 0.3) is 10.8 Å². The van der Waals surface area contributed by atoms with E-state index >= 15 is 0 Å². The Kier molecular flexibility index (Phi) is 4.19. The molecule has 1 fully saturated rings. The third-order valence-electron chi connectivity index (χ3n) is 4.43. The summed E-state index contributed by atoms with van der Waals surface area (Å²) in [6.07, 6.45) is 1.21. The molecule has 1 saturated heterocycles. The molecule has 5 N–H and O–H groups in total. The van der Waals surface area contributed by atoms with Gasteiger partial charge in [-0.3, -0.25) is 5.73 Å². The van der Waals surface area contributed by atoms with Crippen molar-refractivity contribution in [3.63, 3.8) is 0 Å². The van der Waals surface area contributed by atoms with Gasteiger partial charge in [-0.1, -0.05) is 0 Å². The van der Waals surface area contributed by atoms with Gasteiger partial charge in [0.25, 0.3) is 11.7 Å². The van der Waals surface area contributed by atoms with Crippen molar-refractivity contribution in [3.8, 4) is 11.9 Å². The van der Waals surface area contributed by atoms with Gasteiger partial charge in [-0.2, -0.15) is 5.26 Å². The zero-order valence-electron chi connectivity index (χ0n) is 13.7. The van der Waals surface area contributed by atoms with E-state index in [2.05, 4.69) is 16.0 Å². The average molecular weight is 342 g/mol. The number of fused-ring (bicyclic) bond motifs is 1. The van der Waals surface area contributed by atoms with Gasteiger partial charge in [0.1, 0.15) is 28.7 Å². The lowest BCUT2D eigenvalue weighted by Crippen LogP contribution is -2.44. The maximum Gasteiger partial charge on any atom is 0.284 e. The monoisotopic (exact) mass is 342 g/mol. The van der Waals surface area contributed by atoms with E-state index in [0.29, 0.717) is 41.9 Å². The first-order valence-electron chi connectivity index (χ1n) is 7.81. The molecule has 0 unspecified atom stereocenters. The smallest absolute Gasteiger partial charge is 0.284 e. The summed E-state index contributed by atoms with van der Waals surface area (Å²) in [6.45, 7) is 0.808. The van der Waals surface area contributed by atoms with Gasteiger partial charge in [-0.25, -0.2) is 9.97 Å². The van der Waals surface area contributed by atoms with Crippen LogP contribution in [0.4, 0.5) is 17.5 Å². The van der Waals surface area contributed by atoms with Crippen LogP contribution in [0.5, 0.6) is 5.88 Å². The summed E-state index contributed by atoms with van der Waals surface area (Å²) < 4.78 is 5.17. The number of carboxylic acids is 1. The molecule has 9 heteroatoms. The Morgan fingerprint density at radius 3 is 2.96 bits per heavy atom. The minimum absolute atomic E-state index is 0.163. The Bertz CT molecular complexity index is 892. The summed E-state index contributed by atoms with van der Waals surface area (Å²) >= 11 is 0. The highest BCUT2D eigenvalue weighted by Crippen LogP contribution is 2.34. The van der Waals surface area contributed by atoms with Crippen molar-refractivity contribution in [2.24, 2.45) is 5.92 Å². The summed E-state index contributed by atoms with van der Waals surface area (Å²) in [5.41, 5.74) is 12.3. The van der Waals surface area contributed by atoms with Gasteiger partial charge in [-0.15, -0.1) is 0 Å². The second-order valence-electron chi connectivity index (χ2n) is 5.95. The number of nitrogen functional groups attached to an aromatic ring is 2. The van der Waals surface area contributed by atoms with Crippen LogP contribution in [0.2, 0.25) is 0 Å². The molecule has 0 aromatic carbocycles. The number of carbonyl (C=O) groups is 1. The molecule has 0 saturated carbocycles. The molecule has 130 valence electrons. The van der Waals surface area contributed by atoms with Crippen molar-refractivity contribution in [2.75, 3.05) is 36.6 Å². The third kappa shape index (κ3) is 2.82. The van der Waals surface area contributed by atoms with Gasteiger partial charge >= 0.3 is 0 Å². The van der Waals surface area contributed by atoms with Crippen molar-refractivity contribution in [1.82, 2.24) is 4.98 Å². The number of H-pyrrole nitrogens is 1. The first kappa shape index (κ1) is 16.6. The Labute approximate surface area is 143 Å². The van der Waals surface area contributed by atoms with E-state index in [-0.39, 0.29) is 23.7 Å². The molecule has 3 rings (SSSR count). The van der Waals surface area contributed by atoms with Crippen LogP contribution in [0.15, 0.2) is 6.07 Å². The van der Waals surface area contributed by atoms with E-state index < -0.39 is 11.9 Å². The fraction of sp³-hybridized carbons (Fsp3) is 0.375. The molecule has 0 spiro atoms. The zero-order valence-corrected chi connectivity index (χ0v) is 13.7. The second-order valence-corrected chi connectivity index (χ2v) is 5.95. The minimum atomic E-state index is -1.10. The number of carboxylic acid groups (broad SMARTS) is 1. The molecule has 1 atom stereocenters. The molecule has 3 heterocycles. The SMILES string of the molecule is COc1cc2c(C#N)c(N3CCC[C@@H](C(=O)[O-])C3)nc(N)c2c(N)[nH+]1. The number of aromatic nitrogens is 2. The van der Waals surface area contributed by atoms with Crippen molar-refractivity contribution >= 4 is 34.2 Å². The molecule has 1 aliphatic rings. The maximum atomic E-state index is 11.2.